The summed E-state index contributed by atoms with van der Waals surface area (Å²) in [5, 5.41) is 23.5. The number of rotatable bonds is 0. The maximum Gasteiger partial charge on any atom is 0.165 e. The first-order chi connectivity index (χ1) is 8.16. The fourth-order valence-corrected chi connectivity index (χ4v) is 2.20. The van der Waals surface area contributed by atoms with Gasteiger partial charge < -0.3 is 10.2 Å². The van der Waals surface area contributed by atoms with Crippen LogP contribution in [-0.2, 0) is 0 Å². The van der Waals surface area contributed by atoms with Crippen LogP contribution < -0.4 is 0 Å². The Bertz CT molecular complexity index is 730. The van der Waals surface area contributed by atoms with Gasteiger partial charge in [0.2, 0.25) is 0 Å². The average molecular weight is 224 g/mol. The van der Waals surface area contributed by atoms with Crippen molar-refractivity contribution < 1.29 is 10.2 Å². The lowest BCUT2D eigenvalue weighted by Crippen LogP contribution is -1.81. The van der Waals surface area contributed by atoms with E-state index in [-0.39, 0.29) is 11.5 Å². The smallest absolute Gasteiger partial charge is 0.165 e. The van der Waals surface area contributed by atoms with Crippen LogP contribution in [0.1, 0.15) is 5.56 Å². The molecule has 2 N–H and O–H groups in total. The Labute approximate surface area is 98.7 Å². The highest BCUT2D eigenvalue weighted by Crippen LogP contribution is 2.38. The molecule has 0 amide bonds. The molecule has 0 atom stereocenters. The van der Waals surface area contributed by atoms with Gasteiger partial charge in [-0.1, -0.05) is 24.3 Å². The molecule has 0 aliphatic carbocycles. The summed E-state index contributed by atoms with van der Waals surface area (Å²) in [4.78, 5) is 0. The molecule has 0 spiro atoms. The van der Waals surface area contributed by atoms with E-state index in [2.05, 4.69) is 0 Å². The van der Waals surface area contributed by atoms with Gasteiger partial charge in [-0.2, -0.15) is 0 Å². The molecule has 0 fully saturated rings. The number of hydrogen-bond donors (Lipinski definition) is 2. The first-order valence-electron chi connectivity index (χ1n) is 5.51. The van der Waals surface area contributed by atoms with Crippen molar-refractivity contribution in [3.8, 4) is 11.5 Å². The molecular weight excluding hydrogens is 212 g/mol. The van der Waals surface area contributed by atoms with Gasteiger partial charge in [0, 0.05) is 5.39 Å². The van der Waals surface area contributed by atoms with E-state index in [1.54, 1.807) is 6.92 Å². The van der Waals surface area contributed by atoms with Crippen LogP contribution in [0.15, 0.2) is 42.5 Å². The van der Waals surface area contributed by atoms with Crippen LogP contribution in [0.3, 0.4) is 0 Å². The summed E-state index contributed by atoms with van der Waals surface area (Å²) in [7, 11) is 0. The summed E-state index contributed by atoms with van der Waals surface area (Å²) in [6, 6.07) is 13.8. The van der Waals surface area contributed by atoms with E-state index in [0.717, 1.165) is 16.2 Å². The molecule has 3 rings (SSSR count). The van der Waals surface area contributed by atoms with Crippen molar-refractivity contribution in [1.29, 1.82) is 0 Å². The van der Waals surface area contributed by atoms with Crippen molar-refractivity contribution in [3.05, 3.63) is 48.0 Å². The Morgan fingerprint density at radius 2 is 1.41 bits per heavy atom. The molecule has 0 saturated carbocycles. The van der Waals surface area contributed by atoms with Crippen LogP contribution in [-0.4, -0.2) is 10.2 Å². The average Bonchev–Trinajstić information content (AvgIpc) is 2.34. The lowest BCUT2D eigenvalue weighted by Gasteiger charge is -2.08. The molecule has 3 aromatic carbocycles. The van der Waals surface area contributed by atoms with E-state index in [4.69, 9.17) is 0 Å². The van der Waals surface area contributed by atoms with Crippen LogP contribution in [0.5, 0.6) is 11.5 Å². The molecule has 2 heteroatoms. The molecule has 0 aliphatic heterocycles. The normalized spacial score (nSPS) is 11.1. The monoisotopic (exact) mass is 224 g/mol. The Morgan fingerprint density at radius 1 is 0.765 bits per heavy atom. The SMILES string of the molecule is Cc1cc2cc3ccccc3cc2c(O)c1O. The van der Waals surface area contributed by atoms with Crippen molar-refractivity contribution >= 4 is 21.5 Å². The number of aromatic hydroxyl groups is 2. The number of hydrogen-bond acceptors (Lipinski definition) is 2. The van der Waals surface area contributed by atoms with Gasteiger partial charge in [0.15, 0.2) is 11.5 Å². The molecule has 0 unspecified atom stereocenters. The lowest BCUT2D eigenvalue weighted by atomic mass is 10.0. The predicted octanol–water partition coefficient (Wildman–Crippen LogP) is 3.71. The van der Waals surface area contributed by atoms with E-state index in [0.29, 0.717) is 10.9 Å². The van der Waals surface area contributed by atoms with Crippen LogP contribution in [0, 0.1) is 6.92 Å². The van der Waals surface area contributed by atoms with E-state index in [1.807, 2.05) is 42.5 Å². The lowest BCUT2D eigenvalue weighted by molar-refractivity contribution is 0.405. The third kappa shape index (κ3) is 1.41. The number of fused-ring (bicyclic) bond motifs is 2. The van der Waals surface area contributed by atoms with Gasteiger partial charge in [-0.15, -0.1) is 0 Å². The van der Waals surface area contributed by atoms with Crippen molar-refractivity contribution in [2.45, 2.75) is 6.92 Å². The molecule has 3 aromatic rings. The topological polar surface area (TPSA) is 40.5 Å². The summed E-state index contributed by atoms with van der Waals surface area (Å²) >= 11 is 0. The maximum absolute atomic E-state index is 9.95. The first kappa shape index (κ1) is 9.97. The minimum Gasteiger partial charge on any atom is -0.504 e. The third-order valence-corrected chi connectivity index (χ3v) is 3.14. The summed E-state index contributed by atoms with van der Waals surface area (Å²) in [5.74, 6) is -0.0708. The Kier molecular flexibility index (Phi) is 1.99. The summed E-state index contributed by atoms with van der Waals surface area (Å²) in [5.41, 5.74) is 0.685. The Balaban J connectivity index is 2.52. The van der Waals surface area contributed by atoms with Gasteiger partial charge in [0.25, 0.3) is 0 Å². The van der Waals surface area contributed by atoms with Crippen LogP contribution in [0.2, 0.25) is 0 Å². The molecule has 0 aromatic heterocycles. The highest BCUT2D eigenvalue weighted by molar-refractivity contribution is 6.02. The predicted molar refractivity (Wildman–Crippen MR) is 69.5 cm³/mol. The highest BCUT2D eigenvalue weighted by Gasteiger charge is 2.09. The summed E-state index contributed by atoms with van der Waals surface area (Å²) < 4.78 is 0. The van der Waals surface area contributed by atoms with Crippen molar-refractivity contribution in [1.82, 2.24) is 0 Å². The van der Waals surface area contributed by atoms with Crippen LogP contribution >= 0.6 is 0 Å². The molecular formula is C15H12O2. The van der Waals surface area contributed by atoms with Crippen molar-refractivity contribution in [2.24, 2.45) is 0 Å². The minimum absolute atomic E-state index is 0.0345. The van der Waals surface area contributed by atoms with E-state index in [9.17, 15) is 10.2 Å². The van der Waals surface area contributed by atoms with Gasteiger partial charge in [-0.25, -0.2) is 0 Å². The standard InChI is InChI=1S/C15H12O2/c1-9-6-12-7-10-4-2-3-5-11(10)8-13(12)15(17)14(9)16/h2-8,16-17H,1H3. The van der Waals surface area contributed by atoms with Crippen LogP contribution in [0.4, 0.5) is 0 Å². The van der Waals surface area contributed by atoms with Gasteiger partial charge >= 0.3 is 0 Å². The zero-order valence-corrected chi connectivity index (χ0v) is 9.44. The van der Waals surface area contributed by atoms with Gasteiger partial charge in [-0.05, 0) is 46.8 Å². The number of phenols is 2. The van der Waals surface area contributed by atoms with Gasteiger partial charge in [0.05, 0.1) is 0 Å². The van der Waals surface area contributed by atoms with Crippen molar-refractivity contribution in [2.75, 3.05) is 0 Å². The van der Waals surface area contributed by atoms with Crippen molar-refractivity contribution in [3.63, 3.8) is 0 Å². The first-order valence-corrected chi connectivity index (χ1v) is 5.51. The molecule has 84 valence electrons. The fourth-order valence-electron chi connectivity index (χ4n) is 2.20. The number of aryl methyl sites for hydroxylation is 1. The molecule has 0 radical (unpaired) electrons. The molecule has 0 aliphatic rings. The number of phenolic OH excluding ortho intramolecular Hbond substituents is 2. The number of benzene rings is 3. The van der Waals surface area contributed by atoms with E-state index < -0.39 is 0 Å². The third-order valence-electron chi connectivity index (χ3n) is 3.14. The van der Waals surface area contributed by atoms with Gasteiger partial charge in [0.1, 0.15) is 0 Å². The molecule has 0 bridgehead atoms. The summed E-state index contributed by atoms with van der Waals surface area (Å²) in [6.07, 6.45) is 0. The Morgan fingerprint density at radius 3 is 2.12 bits per heavy atom. The molecule has 17 heavy (non-hydrogen) atoms. The van der Waals surface area contributed by atoms with E-state index in [1.165, 1.54) is 0 Å². The highest BCUT2D eigenvalue weighted by atomic mass is 16.3. The fraction of sp³-hybridized carbons (Fsp3) is 0.0667. The molecule has 2 nitrogen and oxygen atoms in total. The summed E-state index contributed by atoms with van der Waals surface area (Å²) in [6.45, 7) is 1.78. The zero-order valence-electron chi connectivity index (χ0n) is 9.44. The van der Waals surface area contributed by atoms with Crippen LogP contribution in [0.25, 0.3) is 21.5 Å². The largest absolute Gasteiger partial charge is 0.504 e. The molecule has 0 saturated heterocycles. The second kappa shape index (κ2) is 3.39. The van der Waals surface area contributed by atoms with Gasteiger partial charge in [-0.3, -0.25) is 0 Å². The minimum atomic E-state index is -0.0363. The Hall–Kier alpha value is -2.22. The maximum atomic E-state index is 9.95. The zero-order chi connectivity index (χ0) is 12.0. The second-order valence-corrected chi connectivity index (χ2v) is 4.31. The quantitative estimate of drug-likeness (QED) is 0.451. The molecule has 0 heterocycles. The van der Waals surface area contributed by atoms with E-state index >= 15 is 0 Å². The second-order valence-electron chi connectivity index (χ2n) is 4.31.